The number of rotatable bonds is 16. The number of aromatic nitrogens is 1. The SMILES string of the molecule is CC(=O)O.COC[C@@H](F)CN(CCCCc1ccc2c(n1)NCCC2)CC[C@H](NC(=O)OCc1ccccc1)C(=O)O. The normalized spacial score (nSPS) is 13.5. The Hall–Kier alpha value is -3.77. The summed E-state index contributed by atoms with van der Waals surface area (Å²) in [4.78, 5) is 39.6. The van der Waals surface area contributed by atoms with E-state index in [9.17, 15) is 19.1 Å². The first-order chi connectivity index (χ1) is 20.2. The van der Waals surface area contributed by atoms with E-state index >= 15 is 0 Å². The van der Waals surface area contributed by atoms with Gasteiger partial charge in [-0.2, -0.15) is 0 Å². The van der Waals surface area contributed by atoms with Gasteiger partial charge in [0.15, 0.2) is 0 Å². The minimum Gasteiger partial charge on any atom is -0.481 e. The van der Waals surface area contributed by atoms with Gasteiger partial charge in [-0.15, -0.1) is 0 Å². The van der Waals surface area contributed by atoms with Gasteiger partial charge >= 0.3 is 12.1 Å². The number of carboxylic acids is 2. The fourth-order valence-corrected chi connectivity index (χ4v) is 4.43. The summed E-state index contributed by atoms with van der Waals surface area (Å²) < 4.78 is 24.4. The van der Waals surface area contributed by atoms with Gasteiger partial charge in [0.1, 0.15) is 24.6 Å². The van der Waals surface area contributed by atoms with E-state index in [2.05, 4.69) is 22.8 Å². The Morgan fingerprint density at radius 1 is 1.12 bits per heavy atom. The largest absolute Gasteiger partial charge is 0.481 e. The monoisotopic (exact) mass is 590 g/mol. The summed E-state index contributed by atoms with van der Waals surface area (Å²) in [5, 5.41) is 22.8. The number of alkyl carbamates (subject to hydrolysis) is 1. The molecule has 12 heteroatoms. The van der Waals surface area contributed by atoms with E-state index in [1.165, 1.54) is 12.7 Å². The van der Waals surface area contributed by atoms with Crippen LogP contribution in [0.1, 0.15) is 49.4 Å². The number of aliphatic carboxylic acids is 2. The number of carboxylic acid groups (broad SMARTS) is 2. The van der Waals surface area contributed by atoms with E-state index in [4.69, 9.17) is 24.4 Å². The molecule has 1 aliphatic rings. The van der Waals surface area contributed by atoms with Crippen LogP contribution in [0, 0.1) is 0 Å². The highest BCUT2D eigenvalue weighted by molar-refractivity contribution is 5.79. The molecule has 0 fully saturated rings. The van der Waals surface area contributed by atoms with Crippen molar-refractivity contribution in [1.29, 1.82) is 0 Å². The van der Waals surface area contributed by atoms with Gasteiger partial charge in [-0.3, -0.25) is 4.79 Å². The average molecular weight is 591 g/mol. The Morgan fingerprint density at radius 3 is 2.55 bits per heavy atom. The zero-order valence-corrected chi connectivity index (χ0v) is 24.4. The number of hydrogen-bond acceptors (Lipinski definition) is 8. The van der Waals surface area contributed by atoms with Crippen molar-refractivity contribution in [2.75, 3.05) is 45.2 Å². The summed E-state index contributed by atoms with van der Waals surface area (Å²) in [7, 11) is 1.45. The predicted octanol–water partition coefficient (Wildman–Crippen LogP) is 3.91. The molecule has 3 rings (SSSR count). The number of benzene rings is 1. The van der Waals surface area contributed by atoms with Crippen LogP contribution < -0.4 is 10.6 Å². The molecule has 0 saturated heterocycles. The van der Waals surface area contributed by atoms with Crippen molar-refractivity contribution in [2.45, 2.75) is 64.3 Å². The van der Waals surface area contributed by atoms with E-state index in [0.717, 1.165) is 62.6 Å². The molecule has 1 aliphatic heterocycles. The summed E-state index contributed by atoms with van der Waals surface area (Å²) in [5.41, 5.74) is 3.08. The number of methoxy groups -OCH3 is 1. The minimum absolute atomic E-state index is 0.0328. The number of aryl methyl sites for hydroxylation is 2. The lowest BCUT2D eigenvalue weighted by molar-refractivity contribution is -0.139. The highest BCUT2D eigenvalue weighted by Gasteiger charge is 2.23. The first-order valence-corrected chi connectivity index (χ1v) is 14.2. The van der Waals surface area contributed by atoms with Crippen LogP contribution in [0.3, 0.4) is 0 Å². The fourth-order valence-electron chi connectivity index (χ4n) is 4.43. The third-order valence-electron chi connectivity index (χ3n) is 6.45. The number of carbonyl (C=O) groups is 3. The van der Waals surface area contributed by atoms with Gasteiger partial charge < -0.3 is 35.2 Å². The third-order valence-corrected chi connectivity index (χ3v) is 6.45. The maximum absolute atomic E-state index is 14.4. The minimum atomic E-state index is -1.19. The summed E-state index contributed by atoms with van der Waals surface area (Å²) in [6.45, 7) is 3.07. The second-order valence-electron chi connectivity index (χ2n) is 10.1. The van der Waals surface area contributed by atoms with Crippen LogP contribution in [-0.4, -0.2) is 90.2 Å². The number of nitrogens with zero attached hydrogens (tertiary/aromatic N) is 2. The summed E-state index contributed by atoms with van der Waals surface area (Å²) >= 11 is 0. The molecule has 0 saturated carbocycles. The molecule has 1 aromatic carbocycles. The smallest absolute Gasteiger partial charge is 0.408 e. The molecule has 232 valence electrons. The van der Waals surface area contributed by atoms with Crippen molar-refractivity contribution in [2.24, 2.45) is 0 Å². The van der Waals surface area contributed by atoms with Crippen LogP contribution in [0.4, 0.5) is 15.0 Å². The molecule has 1 amide bonds. The topological polar surface area (TPSA) is 150 Å². The molecule has 11 nitrogen and oxygen atoms in total. The number of alkyl halides is 1. The molecule has 2 aromatic rings. The summed E-state index contributed by atoms with van der Waals surface area (Å²) in [6.07, 6.45) is 2.78. The van der Waals surface area contributed by atoms with Gasteiger partial charge in [0.05, 0.1) is 6.61 Å². The Balaban J connectivity index is 0.00000144. The zero-order chi connectivity index (χ0) is 30.7. The number of anilines is 1. The van der Waals surface area contributed by atoms with Gasteiger partial charge in [0.2, 0.25) is 0 Å². The molecular formula is C30H43FN4O7. The molecule has 0 bridgehead atoms. The van der Waals surface area contributed by atoms with Crippen molar-refractivity contribution in [3.8, 4) is 0 Å². The summed E-state index contributed by atoms with van der Waals surface area (Å²) in [6, 6.07) is 12.2. The van der Waals surface area contributed by atoms with Gasteiger partial charge in [-0.05, 0) is 62.3 Å². The van der Waals surface area contributed by atoms with E-state index in [0.29, 0.717) is 13.1 Å². The highest BCUT2D eigenvalue weighted by Crippen LogP contribution is 2.20. The standard InChI is InChI=1S/C28H39FN4O5.C2H4O2/c1-37-20-23(29)18-33(16-6-5-11-24-13-12-22-10-7-15-30-26(22)31-24)17-14-25(27(34)35)32-28(36)38-19-21-8-3-2-4-9-21;1-2(3)4/h2-4,8-9,12-13,23,25H,5-7,10-11,14-20H2,1H3,(H,30,31)(H,32,36)(H,34,35);1H3,(H,3,4)/t23-,25-;/m0./s1. The van der Waals surface area contributed by atoms with E-state index < -0.39 is 30.2 Å². The van der Waals surface area contributed by atoms with Crippen molar-refractivity contribution in [1.82, 2.24) is 15.2 Å². The maximum atomic E-state index is 14.4. The van der Waals surface area contributed by atoms with Crippen LogP contribution in [0.2, 0.25) is 0 Å². The van der Waals surface area contributed by atoms with Crippen molar-refractivity contribution >= 4 is 23.8 Å². The Kier molecular flexibility index (Phi) is 15.9. The van der Waals surface area contributed by atoms with Crippen LogP contribution in [-0.2, 0) is 38.5 Å². The number of hydrogen-bond donors (Lipinski definition) is 4. The Morgan fingerprint density at radius 2 is 1.86 bits per heavy atom. The predicted molar refractivity (Wildman–Crippen MR) is 156 cm³/mol. The molecule has 2 heterocycles. The number of amides is 1. The number of pyridine rings is 1. The van der Waals surface area contributed by atoms with Crippen molar-refractivity contribution < 1.29 is 38.5 Å². The first-order valence-electron chi connectivity index (χ1n) is 14.2. The Labute approximate surface area is 246 Å². The van der Waals surface area contributed by atoms with Crippen LogP contribution in [0.15, 0.2) is 42.5 Å². The Bertz CT molecular complexity index is 1100. The second-order valence-corrected chi connectivity index (χ2v) is 10.1. The maximum Gasteiger partial charge on any atom is 0.408 e. The molecule has 0 aliphatic carbocycles. The van der Waals surface area contributed by atoms with Gasteiger partial charge in [0.25, 0.3) is 5.97 Å². The zero-order valence-electron chi connectivity index (χ0n) is 24.4. The molecule has 0 radical (unpaired) electrons. The molecule has 0 spiro atoms. The van der Waals surface area contributed by atoms with Gasteiger partial charge in [-0.1, -0.05) is 36.4 Å². The van der Waals surface area contributed by atoms with Gasteiger partial charge in [-0.25, -0.2) is 19.0 Å². The quantitative estimate of drug-likeness (QED) is 0.212. The summed E-state index contributed by atoms with van der Waals surface area (Å²) in [5.74, 6) is -1.02. The number of nitrogens with one attached hydrogen (secondary N) is 2. The molecule has 4 N–H and O–H groups in total. The number of halogens is 1. The number of fused-ring (bicyclic) bond motifs is 1. The average Bonchev–Trinajstić information content (AvgIpc) is 2.96. The van der Waals surface area contributed by atoms with Crippen LogP contribution >= 0.6 is 0 Å². The fraction of sp³-hybridized carbons (Fsp3) is 0.533. The molecule has 0 unspecified atom stereocenters. The van der Waals surface area contributed by atoms with E-state index in [1.807, 2.05) is 35.2 Å². The van der Waals surface area contributed by atoms with Gasteiger partial charge in [0, 0.05) is 39.4 Å². The van der Waals surface area contributed by atoms with Crippen molar-refractivity contribution in [3.05, 3.63) is 59.3 Å². The molecule has 42 heavy (non-hydrogen) atoms. The number of ether oxygens (including phenoxy) is 2. The lowest BCUT2D eigenvalue weighted by atomic mass is 10.1. The van der Waals surface area contributed by atoms with E-state index in [1.54, 1.807) is 0 Å². The van der Waals surface area contributed by atoms with Crippen molar-refractivity contribution in [3.63, 3.8) is 0 Å². The molecular weight excluding hydrogens is 547 g/mol. The number of unbranched alkanes of at least 4 members (excludes halogenated alkanes) is 1. The first kappa shape index (κ1) is 34.4. The lowest BCUT2D eigenvalue weighted by Gasteiger charge is -2.25. The van der Waals surface area contributed by atoms with Crippen LogP contribution in [0.25, 0.3) is 0 Å². The third kappa shape index (κ3) is 14.2. The number of carbonyl (C=O) groups excluding carboxylic acids is 1. The van der Waals surface area contributed by atoms with Crippen LogP contribution in [0.5, 0.6) is 0 Å². The highest BCUT2D eigenvalue weighted by atomic mass is 19.1. The molecule has 2 atom stereocenters. The second kappa shape index (κ2) is 19.4. The lowest BCUT2D eigenvalue weighted by Crippen LogP contribution is -2.44. The molecule has 1 aromatic heterocycles. The van der Waals surface area contributed by atoms with E-state index in [-0.39, 0.29) is 26.2 Å².